The lowest BCUT2D eigenvalue weighted by Gasteiger charge is -2.31. The first-order chi connectivity index (χ1) is 25.4. The van der Waals surface area contributed by atoms with Crippen LogP contribution in [-0.2, 0) is 5.41 Å². The molecule has 3 unspecified atom stereocenters. The van der Waals surface area contributed by atoms with Gasteiger partial charge in [0.05, 0.1) is 5.69 Å². The molecule has 3 aliphatic carbocycles. The normalized spacial score (nSPS) is 19.5. The Bertz CT molecular complexity index is 2490. The summed E-state index contributed by atoms with van der Waals surface area (Å²) in [4.78, 5) is 2.57. The highest BCUT2D eigenvalue weighted by Gasteiger charge is 2.41. The average Bonchev–Trinajstić information content (AvgIpc) is 3.88. The Morgan fingerprint density at radius 2 is 1.27 bits per heavy atom. The van der Waals surface area contributed by atoms with E-state index in [4.69, 9.17) is 0 Å². The second-order valence-corrected chi connectivity index (χ2v) is 16.2. The molecule has 2 bridgehead atoms. The van der Waals surface area contributed by atoms with Gasteiger partial charge in [0, 0.05) is 22.4 Å². The first-order valence-electron chi connectivity index (χ1n) is 19.3. The Morgan fingerprint density at radius 3 is 2.06 bits per heavy atom. The maximum absolute atomic E-state index is 2.57. The third-order valence-corrected chi connectivity index (χ3v) is 12.9. The van der Waals surface area contributed by atoms with Gasteiger partial charge in [-0.1, -0.05) is 136 Å². The zero-order valence-electron chi connectivity index (χ0n) is 30.4. The number of hydrogen-bond acceptors (Lipinski definition) is 1. The molecule has 0 spiro atoms. The van der Waals surface area contributed by atoms with E-state index in [2.05, 4.69) is 177 Å². The summed E-state index contributed by atoms with van der Waals surface area (Å²) in [6.07, 6.45) is 5.56. The molecule has 7 aromatic carbocycles. The van der Waals surface area contributed by atoms with E-state index in [9.17, 15) is 0 Å². The predicted molar refractivity (Wildman–Crippen MR) is 220 cm³/mol. The molecule has 1 nitrogen and oxygen atoms in total. The molecule has 0 radical (unpaired) electrons. The third-order valence-electron chi connectivity index (χ3n) is 12.9. The summed E-state index contributed by atoms with van der Waals surface area (Å²) in [5, 5.41) is 2.52. The van der Waals surface area contributed by atoms with Crippen LogP contribution in [0.4, 0.5) is 17.1 Å². The van der Waals surface area contributed by atoms with Crippen LogP contribution < -0.4 is 4.90 Å². The van der Waals surface area contributed by atoms with Crippen LogP contribution in [0.3, 0.4) is 0 Å². The number of anilines is 3. The molecule has 2 saturated carbocycles. The molecule has 3 aliphatic rings. The van der Waals surface area contributed by atoms with Crippen molar-refractivity contribution in [3.63, 3.8) is 0 Å². The minimum Gasteiger partial charge on any atom is -0.310 e. The molecule has 0 heterocycles. The number of fused-ring (bicyclic) bond motifs is 6. The summed E-state index contributed by atoms with van der Waals surface area (Å²) in [6, 6.07) is 57.2. The minimum atomic E-state index is -0.149. The van der Waals surface area contributed by atoms with Gasteiger partial charge in [-0.25, -0.2) is 0 Å². The maximum atomic E-state index is 2.57. The molecule has 3 atom stereocenters. The summed E-state index contributed by atoms with van der Waals surface area (Å²) in [5.74, 6) is 2.40. The average molecular weight is 672 g/mol. The van der Waals surface area contributed by atoms with Gasteiger partial charge in [0.25, 0.3) is 0 Å². The quantitative estimate of drug-likeness (QED) is 0.170. The Labute approximate surface area is 308 Å². The van der Waals surface area contributed by atoms with Crippen molar-refractivity contribution in [2.45, 2.75) is 57.8 Å². The zero-order valence-corrected chi connectivity index (χ0v) is 30.4. The van der Waals surface area contributed by atoms with E-state index < -0.39 is 0 Å². The number of hydrogen-bond donors (Lipinski definition) is 0. The standard InChI is InChI=1S/C51H45N/c1-33-13-7-10-20-42(33)46-30-36-16-8-9-17-37(36)31-49(46)52(40-19-11-18-38(29-40)45-28-34-23-24-39(45)27-34)41-25-26-44-48(32-41)51(2,3)47-22-12-21-43(50(44)47)35-14-5-4-6-15-35/h4-22,25-26,29-32,34,39,45H,23-24,27-28H2,1-3H3. The number of benzene rings is 7. The predicted octanol–water partition coefficient (Wildman–Crippen LogP) is 14.2. The van der Waals surface area contributed by atoms with Gasteiger partial charge < -0.3 is 4.90 Å². The second kappa shape index (κ2) is 12.1. The van der Waals surface area contributed by atoms with Crippen molar-refractivity contribution >= 4 is 27.8 Å². The molecule has 0 saturated heterocycles. The molecule has 0 aliphatic heterocycles. The van der Waals surface area contributed by atoms with Crippen LogP contribution >= 0.6 is 0 Å². The van der Waals surface area contributed by atoms with Gasteiger partial charge in [-0.2, -0.15) is 0 Å². The van der Waals surface area contributed by atoms with E-state index in [0.29, 0.717) is 5.92 Å². The van der Waals surface area contributed by atoms with Crippen molar-refractivity contribution in [2.24, 2.45) is 11.8 Å². The van der Waals surface area contributed by atoms with E-state index in [1.807, 2.05) is 0 Å². The van der Waals surface area contributed by atoms with Gasteiger partial charge in [-0.05, 0) is 141 Å². The largest absolute Gasteiger partial charge is 0.310 e. The number of rotatable bonds is 6. The van der Waals surface area contributed by atoms with Crippen LogP contribution in [0.2, 0.25) is 0 Å². The first kappa shape index (κ1) is 31.3. The van der Waals surface area contributed by atoms with Crippen LogP contribution in [0.25, 0.3) is 44.2 Å². The van der Waals surface area contributed by atoms with Gasteiger partial charge in [0.1, 0.15) is 0 Å². The number of aryl methyl sites for hydroxylation is 1. The maximum Gasteiger partial charge on any atom is 0.0546 e. The van der Waals surface area contributed by atoms with Crippen molar-refractivity contribution in [3.8, 4) is 33.4 Å². The van der Waals surface area contributed by atoms with E-state index >= 15 is 0 Å². The van der Waals surface area contributed by atoms with Gasteiger partial charge in [-0.3, -0.25) is 0 Å². The lowest BCUT2D eigenvalue weighted by Crippen LogP contribution is -2.17. The fourth-order valence-corrected chi connectivity index (χ4v) is 10.3. The second-order valence-electron chi connectivity index (χ2n) is 16.2. The molecule has 7 aromatic rings. The molecular formula is C51H45N. The molecule has 0 aromatic heterocycles. The Hall–Kier alpha value is -5.40. The van der Waals surface area contributed by atoms with Crippen molar-refractivity contribution in [3.05, 3.63) is 174 Å². The summed E-state index contributed by atoms with van der Waals surface area (Å²) in [5.41, 5.74) is 16.9. The van der Waals surface area contributed by atoms with Crippen LogP contribution in [0.15, 0.2) is 152 Å². The summed E-state index contributed by atoms with van der Waals surface area (Å²) in [6.45, 7) is 7.06. The first-order valence-corrected chi connectivity index (χ1v) is 19.3. The molecule has 1 heteroatoms. The van der Waals surface area contributed by atoms with Crippen LogP contribution in [-0.4, -0.2) is 0 Å². The minimum absolute atomic E-state index is 0.149. The van der Waals surface area contributed by atoms with E-state index in [1.54, 1.807) is 0 Å². The number of nitrogens with zero attached hydrogens (tertiary/aromatic N) is 1. The molecular weight excluding hydrogens is 627 g/mol. The molecule has 52 heavy (non-hydrogen) atoms. The highest BCUT2D eigenvalue weighted by molar-refractivity contribution is 6.00. The van der Waals surface area contributed by atoms with E-state index in [1.165, 1.54) is 109 Å². The van der Waals surface area contributed by atoms with Gasteiger partial charge in [0.15, 0.2) is 0 Å². The van der Waals surface area contributed by atoms with Gasteiger partial charge in [-0.15, -0.1) is 0 Å². The van der Waals surface area contributed by atoms with Crippen LogP contribution in [0.1, 0.15) is 67.7 Å². The fraction of sp³-hybridized carbons (Fsp3) is 0.216. The Morgan fingerprint density at radius 1 is 0.538 bits per heavy atom. The van der Waals surface area contributed by atoms with Crippen LogP contribution in [0.5, 0.6) is 0 Å². The highest BCUT2D eigenvalue weighted by atomic mass is 15.1. The van der Waals surface area contributed by atoms with E-state index in [0.717, 1.165) is 11.8 Å². The Kier molecular flexibility index (Phi) is 7.29. The molecule has 254 valence electrons. The van der Waals surface area contributed by atoms with Crippen molar-refractivity contribution in [2.75, 3.05) is 4.90 Å². The lowest BCUT2D eigenvalue weighted by atomic mass is 9.81. The topological polar surface area (TPSA) is 3.24 Å². The molecule has 2 fully saturated rings. The van der Waals surface area contributed by atoms with Crippen LogP contribution in [0, 0.1) is 18.8 Å². The molecule has 0 amide bonds. The highest BCUT2D eigenvalue weighted by Crippen LogP contribution is 2.56. The van der Waals surface area contributed by atoms with Crippen molar-refractivity contribution in [1.29, 1.82) is 0 Å². The zero-order chi connectivity index (χ0) is 35.0. The van der Waals surface area contributed by atoms with E-state index in [-0.39, 0.29) is 5.41 Å². The summed E-state index contributed by atoms with van der Waals surface area (Å²) in [7, 11) is 0. The summed E-state index contributed by atoms with van der Waals surface area (Å²) >= 11 is 0. The Balaban J connectivity index is 1.21. The van der Waals surface area contributed by atoms with Crippen molar-refractivity contribution in [1.82, 2.24) is 0 Å². The van der Waals surface area contributed by atoms with Crippen molar-refractivity contribution < 1.29 is 0 Å². The monoisotopic (exact) mass is 671 g/mol. The molecule has 0 N–H and O–H groups in total. The fourth-order valence-electron chi connectivity index (χ4n) is 10.3. The smallest absolute Gasteiger partial charge is 0.0546 e. The SMILES string of the molecule is Cc1ccccc1-c1cc2ccccc2cc1N(c1cccc(C2CC3CCC2C3)c1)c1ccc2c(c1)C(C)(C)c1cccc(-c3ccccc3)c1-2. The van der Waals surface area contributed by atoms with Gasteiger partial charge >= 0.3 is 0 Å². The van der Waals surface area contributed by atoms with Gasteiger partial charge in [0.2, 0.25) is 0 Å². The lowest BCUT2D eigenvalue weighted by molar-refractivity contribution is 0.420. The molecule has 10 rings (SSSR count). The summed E-state index contributed by atoms with van der Waals surface area (Å²) < 4.78 is 0. The third kappa shape index (κ3) is 4.97.